The number of aromatic hydroxyl groups is 1. The van der Waals surface area contributed by atoms with Crippen LogP contribution in [0.1, 0.15) is 43.1 Å². The van der Waals surface area contributed by atoms with Crippen LogP contribution in [0.5, 0.6) is 5.75 Å². The molecule has 0 spiro atoms. The third-order valence-corrected chi connectivity index (χ3v) is 2.96. The molecular formula is C15H23NO3. The first-order chi connectivity index (χ1) is 8.73. The molecule has 0 aliphatic carbocycles. The van der Waals surface area contributed by atoms with E-state index < -0.39 is 5.60 Å². The van der Waals surface area contributed by atoms with Crippen LogP contribution in [0.4, 0.5) is 0 Å². The van der Waals surface area contributed by atoms with Gasteiger partial charge in [-0.15, -0.1) is 0 Å². The summed E-state index contributed by atoms with van der Waals surface area (Å²) in [5.41, 5.74) is -0.0505. The molecule has 106 valence electrons. The van der Waals surface area contributed by atoms with Gasteiger partial charge >= 0.3 is 0 Å². The van der Waals surface area contributed by atoms with E-state index >= 15 is 0 Å². The molecule has 0 aliphatic rings. The summed E-state index contributed by atoms with van der Waals surface area (Å²) in [5, 5.41) is 22.6. The van der Waals surface area contributed by atoms with Crippen molar-refractivity contribution in [3.8, 4) is 5.75 Å². The predicted octanol–water partition coefficient (Wildman–Crippen LogP) is 2.23. The van der Waals surface area contributed by atoms with Crippen LogP contribution in [0.3, 0.4) is 0 Å². The van der Waals surface area contributed by atoms with Crippen LogP contribution in [0.15, 0.2) is 18.2 Å². The van der Waals surface area contributed by atoms with Crippen LogP contribution < -0.4 is 5.32 Å². The third kappa shape index (κ3) is 4.56. The summed E-state index contributed by atoms with van der Waals surface area (Å²) in [4.78, 5) is 12.0. The first-order valence-corrected chi connectivity index (χ1v) is 6.52. The highest BCUT2D eigenvalue weighted by atomic mass is 16.3. The zero-order valence-electron chi connectivity index (χ0n) is 12.0. The largest absolute Gasteiger partial charge is 0.507 e. The Hall–Kier alpha value is -1.55. The molecule has 1 aromatic rings. The number of para-hydroxylation sites is 1. The summed E-state index contributed by atoms with van der Waals surface area (Å²) in [6.07, 6.45) is 0.604. The number of rotatable bonds is 5. The number of amides is 1. The molecule has 0 saturated carbocycles. The molecule has 1 amide bonds. The Morgan fingerprint density at radius 2 is 2.05 bits per heavy atom. The van der Waals surface area contributed by atoms with E-state index in [1.54, 1.807) is 32.0 Å². The van der Waals surface area contributed by atoms with E-state index in [1.807, 2.05) is 13.8 Å². The van der Waals surface area contributed by atoms with Crippen molar-refractivity contribution < 1.29 is 15.0 Å². The SMILES string of the molecule is Cc1cccc(C(=O)NCC(C)(O)CC(C)C)c1O. The number of hydrogen-bond donors (Lipinski definition) is 3. The van der Waals surface area contributed by atoms with E-state index in [1.165, 1.54) is 0 Å². The van der Waals surface area contributed by atoms with Crippen LogP contribution in [-0.4, -0.2) is 28.3 Å². The predicted molar refractivity (Wildman–Crippen MR) is 75.3 cm³/mol. The average Bonchev–Trinajstić information content (AvgIpc) is 2.28. The number of phenols is 1. The van der Waals surface area contributed by atoms with Gasteiger partial charge in [0.2, 0.25) is 0 Å². The van der Waals surface area contributed by atoms with Gasteiger partial charge in [0, 0.05) is 6.54 Å². The molecule has 1 unspecified atom stereocenters. The van der Waals surface area contributed by atoms with Gasteiger partial charge in [-0.2, -0.15) is 0 Å². The van der Waals surface area contributed by atoms with Gasteiger partial charge in [0.1, 0.15) is 5.75 Å². The maximum atomic E-state index is 12.0. The molecule has 4 heteroatoms. The lowest BCUT2D eigenvalue weighted by Gasteiger charge is -2.25. The zero-order chi connectivity index (χ0) is 14.6. The minimum absolute atomic E-state index is 0.0106. The maximum Gasteiger partial charge on any atom is 0.255 e. The van der Waals surface area contributed by atoms with Gasteiger partial charge in [0.25, 0.3) is 5.91 Å². The van der Waals surface area contributed by atoms with Crippen LogP contribution in [0.25, 0.3) is 0 Å². The van der Waals surface area contributed by atoms with Crippen molar-refractivity contribution in [1.82, 2.24) is 5.32 Å². The van der Waals surface area contributed by atoms with Crippen molar-refractivity contribution in [3.63, 3.8) is 0 Å². The lowest BCUT2D eigenvalue weighted by Crippen LogP contribution is -2.41. The zero-order valence-corrected chi connectivity index (χ0v) is 12.0. The summed E-state index contributed by atoms with van der Waals surface area (Å²) in [6, 6.07) is 5.02. The smallest absolute Gasteiger partial charge is 0.255 e. The molecule has 1 rings (SSSR count). The summed E-state index contributed by atoms with van der Waals surface area (Å²) in [7, 11) is 0. The minimum atomic E-state index is -0.941. The quantitative estimate of drug-likeness (QED) is 0.764. The molecule has 3 N–H and O–H groups in total. The number of carbonyl (C=O) groups excluding carboxylic acids is 1. The van der Waals surface area contributed by atoms with Crippen LogP contribution in [-0.2, 0) is 0 Å². The van der Waals surface area contributed by atoms with Crippen molar-refractivity contribution in [2.75, 3.05) is 6.54 Å². The van der Waals surface area contributed by atoms with E-state index in [9.17, 15) is 15.0 Å². The number of benzene rings is 1. The van der Waals surface area contributed by atoms with E-state index in [4.69, 9.17) is 0 Å². The van der Waals surface area contributed by atoms with E-state index in [2.05, 4.69) is 5.32 Å². The molecule has 4 nitrogen and oxygen atoms in total. The van der Waals surface area contributed by atoms with Crippen molar-refractivity contribution in [2.45, 2.75) is 39.7 Å². The van der Waals surface area contributed by atoms with E-state index in [0.29, 0.717) is 17.9 Å². The fourth-order valence-corrected chi connectivity index (χ4v) is 2.16. The second-order valence-electron chi connectivity index (χ2n) is 5.75. The van der Waals surface area contributed by atoms with Gasteiger partial charge in [-0.05, 0) is 37.8 Å². The van der Waals surface area contributed by atoms with Gasteiger partial charge in [-0.25, -0.2) is 0 Å². The number of carbonyl (C=O) groups is 1. The highest BCUT2D eigenvalue weighted by Crippen LogP contribution is 2.21. The Morgan fingerprint density at radius 1 is 1.42 bits per heavy atom. The fourth-order valence-electron chi connectivity index (χ4n) is 2.16. The van der Waals surface area contributed by atoms with Crippen molar-refractivity contribution >= 4 is 5.91 Å². The fraction of sp³-hybridized carbons (Fsp3) is 0.533. The Morgan fingerprint density at radius 3 is 2.63 bits per heavy atom. The second-order valence-corrected chi connectivity index (χ2v) is 5.75. The first kappa shape index (κ1) is 15.5. The highest BCUT2D eigenvalue weighted by Gasteiger charge is 2.23. The molecular weight excluding hydrogens is 242 g/mol. The number of hydrogen-bond acceptors (Lipinski definition) is 3. The lowest BCUT2D eigenvalue weighted by molar-refractivity contribution is 0.0368. The van der Waals surface area contributed by atoms with Gasteiger partial charge in [-0.3, -0.25) is 4.79 Å². The van der Waals surface area contributed by atoms with Crippen LogP contribution >= 0.6 is 0 Å². The molecule has 0 aromatic heterocycles. The molecule has 1 atom stereocenters. The van der Waals surface area contributed by atoms with Crippen molar-refractivity contribution in [1.29, 1.82) is 0 Å². The summed E-state index contributed by atoms with van der Waals surface area (Å²) < 4.78 is 0. The van der Waals surface area contributed by atoms with E-state index in [0.717, 1.165) is 0 Å². The third-order valence-electron chi connectivity index (χ3n) is 2.96. The molecule has 0 aliphatic heterocycles. The Balaban J connectivity index is 2.68. The molecule has 0 fully saturated rings. The lowest BCUT2D eigenvalue weighted by atomic mass is 9.94. The van der Waals surface area contributed by atoms with E-state index in [-0.39, 0.29) is 23.8 Å². The monoisotopic (exact) mass is 265 g/mol. The molecule has 19 heavy (non-hydrogen) atoms. The van der Waals surface area contributed by atoms with Gasteiger partial charge in [0.05, 0.1) is 11.2 Å². The average molecular weight is 265 g/mol. The second kappa shape index (κ2) is 6.06. The van der Waals surface area contributed by atoms with Gasteiger partial charge < -0.3 is 15.5 Å². The normalized spacial score (nSPS) is 14.2. The maximum absolute atomic E-state index is 12.0. The summed E-state index contributed by atoms with van der Waals surface area (Å²) in [6.45, 7) is 7.63. The Labute approximate surface area is 114 Å². The molecule has 0 saturated heterocycles. The number of nitrogens with one attached hydrogen (secondary N) is 1. The molecule has 1 aromatic carbocycles. The van der Waals surface area contributed by atoms with Gasteiger partial charge in [0.15, 0.2) is 0 Å². The van der Waals surface area contributed by atoms with Crippen molar-refractivity contribution in [3.05, 3.63) is 29.3 Å². The number of aliphatic hydroxyl groups is 1. The van der Waals surface area contributed by atoms with Crippen molar-refractivity contribution in [2.24, 2.45) is 5.92 Å². The minimum Gasteiger partial charge on any atom is -0.507 e. The van der Waals surface area contributed by atoms with Crippen LogP contribution in [0, 0.1) is 12.8 Å². The Bertz CT molecular complexity index is 453. The topological polar surface area (TPSA) is 69.6 Å². The summed E-state index contributed by atoms with van der Waals surface area (Å²) in [5.74, 6) is -0.0343. The standard InChI is InChI=1S/C15H23NO3/c1-10(2)8-15(4,19)9-16-14(18)12-7-5-6-11(3)13(12)17/h5-7,10,17,19H,8-9H2,1-4H3,(H,16,18). The molecule has 0 radical (unpaired) electrons. The highest BCUT2D eigenvalue weighted by molar-refractivity contribution is 5.97. The molecule has 0 bridgehead atoms. The summed E-state index contributed by atoms with van der Waals surface area (Å²) >= 11 is 0. The molecule has 0 heterocycles. The number of phenolic OH excluding ortho intramolecular Hbond substituents is 1. The first-order valence-electron chi connectivity index (χ1n) is 6.52. The van der Waals surface area contributed by atoms with Gasteiger partial charge in [-0.1, -0.05) is 26.0 Å². The van der Waals surface area contributed by atoms with Crippen LogP contribution in [0.2, 0.25) is 0 Å². The number of aryl methyl sites for hydroxylation is 1. The Kier molecular flexibility index (Phi) is 4.95.